The van der Waals surface area contributed by atoms with E-state index in [1.165, 1.54) is 161 Å². The first-order chi connectivity index (χ1) is 16.3. The zero-order valence-corrected chi connectivity index (χ0v) is 23.2. The van der Waals surface area contributed by atoms with Crippen molar-refractivity contribution in [1.82, 2.24) is 4.57 Å². The summed E-state index contributed by atoms with van der Waals surface area (Å²) in [7, 11) is 0. The molecule has 1 heterocycles. The maximum atomic E-state index is 2.56. The molecule has 0 amide bonds. The minimum absolute atomic E-state index is 1.18. The number of aryl methyl sites for hydroxylation is 2. The van der Waals surface area contributed by atoms with Crippen LogP contribution in [-0.4, -0.2) is 4.57 Å². The lowest BCUT2D eigenvalue weighted by Crippen LogP contribution is -2.37. The second-order valence-electron chi connectivity index (χ2n) is 10.6. The number of hydrogen-bond donors (Lipinski definition) is 0. The molecule has 0 saturated heterocycles. The Morgan fingerprint density at radius 1 is 0.515 bits per heavy atom. The highest BCUT2D eigenvalue weighted by Gasteiger charge is 2.15. The Morgan fingerprint density at radius 2 is 0.939 bits per heavy atom. The van der Waals surface area contributed by atoms with Gasteiger partial charge < -0.3 is 0 Å². The molecule has 2 nitrogen and oxygen atoms in total. The minimum atomic E-state index is 1.18. The van der Waals surface area contributed by atoms with E-state index >= 15 is 0 Å². The van der Waals surface area contributed by atoms with Crippen LogP contribution in [0.15, 0.2) is 12.4 Å². The second-order valence-corrected chi connectivity index (χ2v) is 10.6. The molecule has 0 radical (unpaired) electrons. The zero-order valence-electron chi connectivity index (χ0n) is 23.2. The van der Waals surface area contributed by atoms with Crippen molar-refractivity contribution >= 4 is 0 Å². The van der Waals surface area contributed by atoms with Crippen LogP contribution in [0.5, 0.6) is 0 Å². The summed E-state index contributed by atoms with van der Waals surface area (Å²) in [5.41, 5.74) is 0. The van der Waals surface area contributed by atoms with E-state index in [4.69, 9.17) is 0 Å². The number of nitrogens with zero attached hydrogens (tertiary/aromatic N) is 2. The maximum Gasteiger partial charge on any atom is 0.256 e. The van der Waals surface area contributed by atoms with Crippen molar-refractivity contribution in [3.8, 4) is 0 Å². The molecule has 0 spiro atoms. The molecule has 1 rings (SSSR count). The predicted molar refractivity (Wildman–Crippen MR) is 147 cm³/mol. The fraction of sp³-hybridized carbons (Fsp3) is 0.903. The second kappa shape index (κ2) is 23.0. The summed E-state index contributed by atoms with van der Waals surface area (Å²) in [6.45, 7) is 9.30. The predicted octanol–water partition coefficient (Wildman–Crippen LogP) is 9.96. The van der Waals surface area contributed by atoms with E-state index in [0.29, 0.717) is 0 Å². The van der Waals surface area contributed by atoms with E-state index in [1.807, 2.05) is 0 Å². The van der Waals surface area contributed by atoms with Gasteiger partial charge in [-0.3, -0.25) is 0 Å². The number of imidazole rings is 1. The monoisotopic (exact) mass is 461 g/mol. The van der Waals surface area contributed by atoms with Crippen LogP contribution in [-0.2, 0) is 19.5 Å². The smallest absolute Gasteiger partial charge is 0.234 e. The lowest BCUT2D eigenvalue weighted by Gasteiger charge is -2.06. The van der Waals surface area contributed by atoms with Gasteiger partial charge in [0.15, 0.2) is 0 Å². The van der Waals surface area contributed by atoms with Gasteiger partial charge in [0.1, 0.15) is 12.4 Å². The van der Waals surface area contributed by atoms with Crippen molar-refractivity contribution in [3.05, 3.63) is 18.2 Å². The summed E-state index contributed by atoms with van der Waals surface area (Å²) in [4.78, 5) is 0. The molecule has 2 heteroatoms. The normalized spacial score (nSPS) is 11.5. The van der Waals surface area contributed by atoms with Gasteiger partial charge in [0.05, 0.1) is 13.1 Å². The molecule has 0 aliphatic carbocycles. The number of hydrogen-bond acceptors (Lipinski definition) is 0. The lowest BCUT2D eigenvalue weighted by atomic mass is 10.0. The van der Waals surface area contributed by atoms with E-state index < -0.39 is 0 Å². The van der Waals surface area contributed by atoms with Gasteiger partial charge >= 0.3 is 0 Å². The highest BCUT2D eigenvalue weighted by atomic mass is 15.1. The topological polar surface area (TPSA) is 8.81 Å². The number of aromatic nitrogens is 2. The third kappa shape index (κ3) is 16.5. The summed E-state index contributed by atoms with van der Waals surface area (Å²) in [6.07, 6.45) is 37.2. The first kappa shape index (κ1) is 30.2. The third-order valence-corrected chi connectivity index (χ3v) is 7.31. The van der Waals surface area contributed by atoms with Gasteiger partial charge in [-0.15, -0.1) is 0 Å². The minimum Gasteiger partial charge on any atom is -0.234 e. The molecule has 0 atom stereocenters. The molecule has 0 fully saturated rings. The van der Waals surface area contributed by atoms with Crippen LogP contribution in [0.3, 0.4) is 0 Å². The van der Waals surface area contributed by atoms with E-state index in [9.17, 15) is 0 Å². The van der Waals surface area contributed by atoms with E-state index in [2.05, 4.69) is 42.3 Å². The van der Waals surface area contributed by atoms with Crippen LogP contribution in [0.4, 0.5) is 0 Å². The Balaban J connectivity index is 1.98. The average molecular weight is 462 g/mol. The number of unbranched alkanes of at least 4 members (excludes halogenated alkanes) is 19. The summed E-state index contributed by atoms with van der Waals surface area (Å²) in [6, 6.07) is 0. The van der Waals surface area contributed by atoms with Crippen molar-refractivity contribution in [2.24, 2.45) is 0 Å². The highest BCUT2D eigenvalue weighted by Crippen LogP contribution is 2.14. The van der Waals surface area contributed by atoms with Crippen molar-refractivity contribution < 1.29 is 4.57 Å². The molecule has 0 aliphatic rings. The van der Waals surface area contributed by atoms with Gasteiger partial charge in [-0.2, -0.15) is 0 Å². The first-order valence-corrected chi connectivity index (χ1v) is 15.4. The van der Waals surface area contributed by atoms with Crippen LogP contribution in [0, 0.1) is 0 Å². The Labute approximate surface area is 208 Å². The Kier molecular flexibility index (Phi) is 21.1. The van der Waals surface area contributed by atoms with Crippen molar-refractivity contribution in [3.63, 3.8) is 0 Å². The Bertz CT molecular complexity index is 519. The molecule has 1 aromatic rings. The van der Waals surface area contributed by atoms with Gasteiger partial charge in [0.2, 0.25) is 0 Å². The van der Waals surface area contributed by atoms with Crippen molar-refractivity contribution in [2.45, 2.75) is 182 Å². The average Bonchev–Trinajstić information content (AvgIpc) is 3.20. The molecular weight excluding hydrogens is 400 g/mol. The van der Waals surface area contributed by atoms with Crippen molar-refractivity contribution in [1.29, 1.82) is 0 Å². The maximum absolute atomic E-state index is 2.56. The van der Waals surface area contributed by atoms with Crippen LogP contribution in [0.2, 0.25) is 0 Å². The summed E-state index contributed by atoms with van der Waals surface area (Å²) < 4.78 is 5.08. The molecule has 0 saturated carbocycles. The summed E-state index contributed by atoms with van der Waals surface area (Å²) >= 11 is 0. The fourth-order valence-electron chi connectivity index (χ4n) is 5.15. The first-order valence-electron chi connectivity index (χ1n) is 15.4. The standard InChI is InChI=1S/C31H61N2/c1-4-7-9-11-12-13-14-15-16-17-18-19-20-21-22-23-25-28-33-30-29-32(27-6-3)31(33)26-24-10-8-5-2/h29-30H,4-28H2,1-3H3/q+1. The molecule has 0 unspecified atom stereocenters. The zero-order chi connectivity index (χ0) is 23.8. The molecule has 33 heavy (non-hydrogen) atoms. The molecule has 1 aromatic heterocycles. The molecule has 194 valence electrons. The fourth-order valence-corrected chi connectivity index (χ4v) is 5.15. The van der Waals surface area contributed by atoms with E-state index in [-0.39, 0.29) is 0 Å². The molecule has 0 aliphatic heterocycles. The number of rotatable bonds is 25. The van der Waals surface area contributed by atoms with Crippen LogP contribution in [0.25, 0.3) is 0 Å². The molecular formula is C31H61N2+. The molecule has 0 N–H and O–H groups in total. The lowest BCUT2D eigenvalue weighted by molar-refractivity contribution is -0.703. The summed E-state index contributed by atoms with van der Waals surface area (Å²) in [5, 5.41) is 0. The SMILES string of the molecule is CCCCCCCCCCCCCCCCCCCn1cc[n+](CCC)c1CCCCCC. The quantitative estimate of drug-likeness (QED) is 0.101. The van der Waals surface area contributed by atoms with Crippen LogP contribution < -0.4 is 4.57 Å². The van der Waals surface area contributed by atoms with Crippen molar-refractivity contribution in [2.75, 3.05) is 0 Å². The van der Waals surface area contributed by atoms with E-state index in [1.54, 1.807) is 5.82 Å². The van der Waals surface area contributed by atoms with Crippen LogP contribution >= 0.6 is 0 Å². The highest BCUT2D eigenvalue weighted by molar-refractivity contribution is 4.84. The van der Waals surface area contributed by atoms with Gasteiger partial charge in [-0.05, 0) is 25.7 Å². The largest absolute Gasteiger partial charge is 0.256 e. The van der Waals surface area contributed by atoms with Gasteiger partial charge in [0.25, 0.3) is 5.82 Å². The van der Waals surface area contributed by atoms with Gasteiger partial charge in [-0.25, -0.2) is 9.13 Å². The summed E-state index contributed by atoms with van der Waals surface area (Å²) in [5.74, 6) is 1.57. The Morgan fingerprint density at radius 3 is 1.39 bits per heavy atom. The van der Waals surface area contributed by atoms with Crippen LogP contribution in [0.1, 0.15) is 168 Å². The van der Waals surface area contributed by atoms with Gasteiger partial charge in [-0.1, -0.05) is 136 Å². The Hall–Kier alpha value is -0.790. The van der Waals surface area contributed by atoms with Gasteiger partial charge in [0, 0.05) is 6.42 Å². The molecule has 0 aromatic carbocycles. The van der Waals surface area contributed by atoms with E-state index in [0.717, 1.165) is 0 Å². The molecule has 0 bridgehead atoms. The third-order valence-electron chi connectivity index (χ3n) is 7.31.